The molecule has 0 radical (unpaired) electrons. The molecule has 32 heavy (non-hydrogen) atoms. The monoisotopic (exact) mass is 428 g/mol. The number of aromatic nitrogens is 2. The first-order valence-corrected chi connectivity index (χ1v) is 11.6. The summed E-state index contributed by atoms with van der Waals surface area (Å²) >= 11 is 0. The van der Waals surface area contributed by atoms with E-state index in [2.05, 4.69) is 45.2 Å². The molecular weight excluding hydrogens is 396 g/mol. The molecule has 1 atom stereocenters. The van der Waals surface area contributed by atoms with Gasteiger partial charge in [-0.05, 0) is 62.1 Å². The summed E-state index contributed by atoms with van der Waals surface area (Å²) in [7, 11) is 1.87. The molecule has 1 unspecified atom stereocenters. The van der Waals surface area contributed by atoms with Gasteiger partial charge in [0, 0.05) is 50.7 Å². The molecule has 5 heteroatoms. The summed E-state index contributed by atoms with van der Waals surface area (Å²) in [6, 6.07) is 20.5. The lowest BCUT2D eigenvalue weighted by molar-refractivity contribution is 0.0793. The fourth-order valence-electron chi connectivity index (χ4n) is 4.42. The van der Waals surface area contributed by atoms with Crippen molar-refractivity contribution in [2.45, 2.75) is 38.1 Å². The molecule has 1 amide bonds. The summed E-state index contributed by atoms with van der Waals surface area (Å²) in [6.07, 6.45) is 7.83. The number of pyridine rings is 2. The lowest BCUT2D eigenvalue weighted by atomic mass is 9.94. The van der Waals surface area contributed by atoms with Crippen LogP contribution in [0.25, 0.3) is 0 Å². The van der Waals surface area contributed by atoms with Crippen LogP contribution in [0.1, 0.15) is 52.5 Å². The van der Waals surface area contributed by atoms with Gasteiger partial charge in [0.15, 0.2) is 0 Å². The summed E-state index contributed by atoms with van der Waals surface area (Å²) in [5.74, 6) is 0.442. The van der Waals surface area contributed by atoms with Crippen LogP contribution in [0, 0.1) is 0 Å². The Bertz CT molecular complexity index is 976. The van der Waals surface area contributed by atoms with E-state index in [0.29, 0.717) is 11.5 Å². The van der Waals surface area contributed by atoms with Gasteiger partial charge in [0.1, 0.15) is 0 Å². The minimum Gasteiger partial charge on any atom is -0.342 e. The van der Waals surface area contributed by atoms with Gasteiger partial charge >= 0.3 is 0 Å². The molecule has 2 aromatic heterocycles. The van der Waals surface area contributed by atoms with Crippen molar-refractivity contribution in [1.29, 1.82) is 0 Å². The Hall–Kier alpha value is -3.05. The maximum Gasteiger partial charge on any atom is 0.255 e. The van der Waals surface area contributed by atoms with Crippen LogP contribution in [0.15, 0.2) is 73.1 Å². The highest BCUT2D eigenvalue weighted by Gasteiger charge is 2.23. The molecule has 1 aromatic carbocycles. The Morgan fingerprint density at radius 2 is 1.91 bits per heavy atom. The predicted molar refractivity (Wildman–Crippen MR) is 127 cm³/mol. The molecule has 0 spiro atoms. The fourth-order valence-corrected chi connectivity index (χ4v) is 4.42. The number of likely N-dealkylation sites (tertiary alicyclic amines) is 1. The Balaban J connectivity index is 1.29. The number of carbonyl (C=O) groups is 1. The van der Waals surface area contributed by atoms with Crippen LogP contribution in [0.3, 0.4) is 0 Å². The van der Waals surface area contributed by atoms with E-state index in [1.807, 2.05) is 43.6 Å². The van der Waals surface area contributed by atoms with Crippen molar-refractivity contribution in [1.82, 2.24) is 19.8 Å². The van der Waals surface area contributed by atoms with Crippen molar-refractivity contribution >= 4 is 5.91 Å². The SMILES string of the molecule is CN(CCCc1ccccc1)C(=O)c1ccc(C2CCCN(Cc3ccccn3)C2)nc1. The number of carbonyl (C=O) groups excluding carboxylic acids is 1. The quantitative estimate of drug-likeness (QED) is 0.528. The first-order chi connectivity index (χ1) is 15.7. The molecule has 5 nitrogen and oxygen atoms in total. The number of benzene rings is 1. The number of hydrogen-bond acceptors (Lipinski definition) is 4. The molecule has 0 bridgehead atoms. The topological polar surface area (TPSA) is 49.3 Å². The molecule has 3 heterocycles. The first-order valence-electron chi connectivity index (χ1n) is 11.6. The molecule has 1 fully saturated rings. The number of piperidine rings is 1. The van der Waals surface area contributed by atoms with Crippen LogP contribution < -0.4 is 0 Å². The van der Waals surface area contributed by atoms with Gasteiger partial charge in [0.2, 0.25) is 0 Å². The van der Waals surface area contributed by atoms with Gasteiger partial charge in [-0.25, -0.2) is 0 Å². The van der Waals surface area contributed by atoms with Gasteiger partial charge in [0.25, 0.3) is 5.91 Å². The molecule has 166 valence electrons. The summed E-state index contributed by atoms with van der Waals surface area (Å²) in [5.41, 5.74) is 4.16. The van der Waals surface area contributed by atoms with Crippen molar-refractivity contribution in [2.75, 3.05) is 26.7 Å². The Labute approximate surface area is 191 Å². The lowest BCUT2D eigenvalue weighted by Crippen LogP contribution is -2.34. The number of hydrogen-bond donors (Lipinski definition) is 0. The largest absolute Gasteiger partial charge is 0.342 e. The molecule has 4 rings (SSSR count). The number of nitrogens with zero attached hydrogens (tertiary/aromatic N) is 4. The summed E-state index contributed by atoms with van der Waals surface area (Å²) in [5, 5.41) is 0. The molecule has 0 N–H and O–H groups in total. The Morgan fingerprint density at radius 3 is 2.66 bits per heavy atom. The normalized spacial score (nSPS) is 16.6. The number of aryl methyl sites for hydroxylation is 1. The van der Waals surface area contributed by atoms with Gasteiger partial charge < -0.3 is 4.90 Å². The molecule has 1 saturated heterocycles. The second-order valence-electron chi connectivity index (χ2n) is 8.68. The van der Waals surface area contributed by atoms with Gasteiger partial charge in [-0.3, -0.25) is 19.7 Å². The van der Waals surface area contributed by atoms with Gasteiger partial charge in [-0.1, -0.05) is 36.4 Å². The highest BCUT2D eigenvalue weighted by Crippen LogP contribution is 2.26. The number of rotatable bonds is 8. The van der Waals surface area contributed by atoms with E-state index in [0.717, 1.165) is 63.3 Å². The van der Waals surface area contributed by atoms with Gasteiger partial charge in [-0.2, -0.15) is 0 Å². The highest BCUT2D eigenvalue weighted by molar-refractivity contribution is 5.93. The average molecular weight is 429 g/mol. The number of amides is 1. The second-order valence-corrected chi connectivity index (χ2v) is 8.68. The van der Waals surface area contributed by atoms with Crippen molar-refractivity contribution < 1.29 is 4.79 Å². The van der Waals surface area contributed by atoms with E-state index in [-0.39, 0.29) is 5.91 Å². The second kappa shape index (κ2) is 11.0. The summed E-state index contributed by atoms with van der Waals surface area (Å²) < 4.78 is 0. The van der Waals surface area contributed by atoms with Crippen molar-refractivity contribution in [3.8, 4) is 0 Å². The van der Waals surface area contributed by atoms with Crippen LogP contribution in [0.5, 0.6) is 0 Å². The maximum atomic E-state index is 12.8. The minimum absolute atomic E-state index is 0.0394. The van der Waals surface area contributed by atoms with E-state index in [1.54, 1.807) is 11.1 Å². The maximum absolute atomic E-state index is 12.8. The summed E-state index contributed by atoms with van der Waals surface area (Å²) in [6.45, 7) is 3.69. The zero-order valence-electron chi connectivity index (χ0n) is 18.9. The third-order valence-electron chi connectivity index (χ3n) is 6.22. The molecular formula is C27H32N4O. The van der Waals surface area contributed by atoms with Crippen molar-refractivity contribution in [3.63, 3.8) is 0 Å². The van der Waals surface area contributed by atoms with E-state index in [1.165, 1.54) is 5.56 Å². The van der Waals surface area contributed by atoms with Crippen molar-refractivity contribution in [3.05, 3.63) is 95.6 Å². The summed E-state index contributed by atoms with van der Waals surface area (Å²) in [4.78, 5) is 26.2. The van der Waals surface area contributed by atoms with Gasteiger partial charge in [-0.15, -0.1) is 0 Å². The predicted octanol–water partition coefficient (Wildman–Crippen LogP) is 4.56. The zero-order chi connectivity index (χ0) is 22.2. The van der Waals surface area contributed by atoms with Crippen LogP contribution in [-0.2, 0) is 13.0 Å². The third-order valence-corrected chi connectivity index (χ3v) is 6.22. The standard InChI is InChI=1S/C27H32N4O/c1-30(17-7-11-22-9-3-2-4-10-22)27(32)23-14-15-26(29-19-23)24-12-8-18-31(20-24)21-25-13-5-6-16-28-25/h2-6,9-10,13-16,19,24H,7-8,11-12,17-18,20-21H2,1H3. The van der Waals surface area contributed by atoms with E-state index in [4.69, 9.17) is 0 Å². The first kappa shape index (κ1) is 22.2. The lowest BCUT2D eigenvalue weighted by Gasteiger charge is -2.32. The van der Waals surface area contributed by atoms with Gasteiger partial charge in [0.05, 0.1) is 11.3 Å². The Morgan fingerprint density at radius 1 is 1.06 bits per heavy atom. The van der Waals surface area contributed by atoms with Crippen LogP contribution >= 0.6 is 0 Å². The molecule has 1 aliphatic rings. The van der Waals surface area contributed by atoms with Crippen LogP contribution in [-0.4, -0.2) is 52.4 Å². The average Bonchev–Trinajstić information content (AvgIpc) is 2.85. The minimum atomic E-state index is 0.0394. The third kappa shape index (κ3) is 6.01. The fraction of sp³-hybridized carbons (Fsp3) is 0.370. The zero-order valence-corrected chi connectivity index (χ0v) is 18.9. The molecule has 0 aliphatic carbocycles. The van der Waals surface area contributed by atoms with E-state index in [9.17, 15) is 4.79 Å². The smallest absolute Gasteiger partial charge is 0.255 e. The highest BCUT2D eigenvalue weighted by atomic mass is 16.2. The van der Waals surface area contributed by atoms with Crippen molar-refractivity contribution in [2.24, 2.45) is 0 Å². The van der Waals surface area contributed by atoms with E-state index < -0.39 is 0 Å². The molecule has 3 aromatic rings. The van der Waals surface area contributed by atoms with E-state index >= 15 is 0 Å². The molecule has 1 aliphatic heterocycles. The molecule has 0 saturated carbocycles. The van der Waals surface area contributed by atoms with Crippen LogP contribution in [0.4, 0.5) is 0 Å². The Kier molecular flexibility index (Phi) is 7.62. The van der Waals surface area contributed by atoms with Crippen LogP contribution in [0.2, 0.25) is 0 Å².